The van der Waals surface area contributed by atoms with Gasteiger partial charge in [0.1, 0.15) is 0 Å². The molecule has 0 unspecified atom stereocenters. The smallest absolute Gasteiger partial charge is 0.386 e. The first-order valence-electron chi connectivity index (χ1n) is 22.6. The average Bonchev–Trinajstić information content (AvgIpc) is 3.60. The zero-order chi connectivity index (χ0) is 45.6. The fraction of sp³-hybridized carbons (Fsp3) is 0.103. The van der Waals surface area contributed by atoms with E-state index in [-0.39, 0.29) is 32.2 Å². The average molecular weight is 922 g/mol. The summed E-state index contributed by atoms with van der Waals surface area (Å²) in [6.45, 7) is 5.79. The standard InChI is InChI=1S/C52H35N4P.3C2H6O.ClH/c1-3-15-33(16-4-1)43-31-37-21-9-13-25-41(37)49-50-42-26-14-10-22-38(42)32-44(34-17-5-2-6-18-34)52(50)56-57(55-51(43)49)53-45-29-27-35-19-7-11-23-39(35)47(45)48-40-24-12-8-20-36(40)28-30-46(48)54-57;3*1-2-3;/h1-32H,(H3,53,54,55,56);3*3H,2H2,1H3;1H. The minimum absolute atomic E-state index is 0. The summed E-state index contributed by atoms with van der Waals surface area (Å²) in [4.78, 5) is 0. The lowest BCUT2D eigenvalue weighted by atomic mass is 9.85. The number of fused-ring (bicyclic) bond motifs is 14. The maximum atomic E-state index is 7.57. The van der Waals surface area contributed by atoms with Crippen LogP contribution in [0.2, 0.25) is 0 Å². The predicted molar refractivity (Wildman–Crippen MR) is 281 cm³/mol. The normalized spacial score (nSPS) is 12.4. The van der Waals surface area contributed by atoms with Crippen LogP contribution in [0.4, 0.5) is 22.7 Å². The lowest BCUT2D eigenvalue weighted by Gasteiger charge is -2.25. The first-order valence-corrected chi connectivity index (χ1v) is 24.4. The Hall–Kier alpha value is -6.96. The van der Waals surface area contributed by atoms with Gasteiger partial charge < -0.3 is 27.7 Å². The summed E-state index contributed by atoms with van der Waals surface area (Å²) >= 11 is 0. The molecule has 7 nitrogen and oxygen atoms in total. The summed E-state index contributed by atoms with van der Waals surface area (Å²) < 4.78 is 4.32. The summed E-state index contributed by atoms with van der Waals surface area (Å²) in [7, 11) is -2.91. The first kappa shape index (κ1) is 46.6. The van der Waals surface area contributed by atoms with Crippen molar-refractivity contribution in [2.75, 3.05) is 35.1 Å². The molecule has 9 heteroatoms. The van der Waals surface area contributed by atoms with Crippen LogP contribution in [0.3, 0.4) is 0 Å². The Bertz CT molecular complexity index is 3320. The highest BCUT2D eigenvalue weighted by Gasteiger charge is 2.40. The Balaban J connectivity index is 0.000000567. The number of benzene rings is 10. The van der Waals surface area contributed by atoms with Gasteiger partial charge in [-0.1, -0.05) is 170 Å². The summed E-state index contributed by atoms with van der Waals surface area (Å²) in [6, 6.07) is 70.6. The minimum Gasteiger partial charge on any atom is -1.00 e. The maximum Gasteiger partial charge on any atom is 0.386 e. The summed E-state index contributed by atoms with van der Waals surface area (Å²) in [5.41, 5.74) is 13.7. The SMILES string of the molecule is CCO.CCO.CCO.[Cl-].c1ccc(-c2cc3ccccc3c3c2NP2(=[NH+]c4c(-c5ccccc5)cc5ccccc5c4-3)Nc3ccc4ccccc4c3-c3c(ccc4ccccc34)N2)cc1. The van der Waals surface area contributed by atoms with E-state index in [0.29, 0.717) is 0 Å². The Morgan fingerprint density at radius 2 is 0.746 bits per heavy atom. The molecule has 0 bridgehead atoms. The molecule has 7 N–H and O–H groups in total. The molecule has 0 aliphatic carbocycles. The Kier molecular flexibility index (Phi) is 14.4. The van der Waals surface area contributed by atoms with Crippen molar-refractivity contribution in [3.05, 3.63) is 194 Å². The molecule has 0 saturated heterocycles. The molecule has 0 aromatic heterocycles. The molecule has 0 saturated carbocycles. The minimum atomic E-state index is -2.91. The van der Waals surface area contributed by atoms with Gasteiger partial charge in [-0.3, -0.25) is 15.3 Å². The lowest BCUT2D eigenvalue weighted by Crippen LogP contribution is -3.00. The molecule has 0 amide bonds. The molecule has 0 fully saturated rings. The van der Waals surface area contributed by atoms with Crippen LogP contribution in [-0.2, 0) is 0 Å². The molecule has 0 radical (unpaired) electrons. The fourth-order valence-corrected chi connectivity index (χ4v) is 11.8. The van der Waals surface area contributed by atoms with E-state index in [1.165, 1.54) is 65.3 Å². The van der Waals surface area contributed by atoms with Crippen molar-refractivity contribution >= 4 is 73.3 Å². The third kappa shape index (κ3) is 8.88. The number of nitrogens with one attached hydrogen (secondary N) is 4. The van der Waals surface area contributed by atoms with Gasteiger partial charge in [0.2, 0.25) is 5.69 Å². The van der Waals surface area contributed by atoms with E-state index in [1.807, 2.05) is 0 Å². The second kappa shape index (κ2) is 20.7. The van der Waals surface area contributed by atoms with Crippen molar-refractivity contribution in [3.8, 4) is 44.5 Å². The van der Waals surface area contributed by atoms with E-state index in [1.54, 1.807) is 20.8 Å². The van der Waals surface area contributed by atoms with Crippen LogP contribution in [0.5, 0.6) is 0 Å². The van der Waals surface area contributed by atoms with E-state index in [0.717, 1.165) is 45.0 Å². The zero-order valence-electron chi connectivity index (χ0n) is 37.8. The van der Waals surface area contributed by atoms with E-state index in [2.05, 4.69) is 214 Å². The topological polar surface area (TPSA) is 111 Å². The van der Waals surface area contributed by atoms with Gasteiger partial charge in [-0.15, -0.1) is 0 Å². The quantitative estimate of drug-likeness (QED) is 0.0871. The van der Waals surface area contributed by atoms with E-state index >= 15 is 0 Å². The number of rotatable bonds is 2. The van der Waals surface area contributed by atoms with Crippen LogP contribution in [0.25, 0.3) is 87.6 Å². The summed E-state index contributed by atoms with van der Waals surface area (Å²) in [6.07, 6.45) is 0. The Morgan fingerprint density at radius 3 is 1.21 bits per heavy atom. The van der Waals surface area contributed by atoms with Gasteiger partial charge in [-0.05, 0) is 99.3 Å². The molecular weight excluding hydrogens is 867 g/mol. The van der Waals surface area contributed by atoms with Crippen molar-refractivity contribution in [1.29, 1.82) is 0 Å². The highest BCUT2D eigenvalue weighted by Crippen LogP contribution is 2.59. The molecule has 10 aromatic carbocycles. The molecule has 0 atom stereocenters. The van der Waals surface area contributed by atoms with Gasteiger partial charge in [0.15, 0.2) is 0 Å². The van der Waals surface area contributed by atoms with Crippen LogP contribution in [0.1, 0.15) is 20.8 Å². The fourth-order valence-electron chi connectivity index (χ4n) is 9.27. The molecule has 12 rings (SSSR count). The lowest BCUT2D eigenvalue weighted by molar-refractivity contribution is -0.327. The first-order chi connectivity index (χ1) is 32.5. The number of hydrogen-bond acceptors (Lipinski definition) is 6. The van der Waals surface area contributed by atoms with Gasteiger partial charge in [0.25, 0.3) is 0 Å². The monoisotopic (exact) mass is 920 g/mol. The number of hydrogen-bond donors (Lipinski definition) is 7. The molecule has 336 valence electrons. The number of aliphatic hydroxyl groups excluding tert-OH is 3. The van der Waals surface area contributed by atoms with Crippen molar-refractivity contribution in [3.63, 3.8) is 0 Å². The second-order valence-electron chi connectivity index (χ2n) is 16.0. The van der Waals surface area contributed by atoms with E-state index < -0.39 is 7.51 Å². The Labute approximate surface area is 398 Å². The Morgan fingerprint density at radius 1 is 0.388 bits per heavy atom. The summed E-state index contributed by atoms with van der Waals surface area (Å²) in [5, 5.41) is 45.1. The molecule has 2 heterocycles. The summed E-state index contributed by atoms with van der Waals surface area (Å²) in [5.74, 6) is 0. The third-order valence-corrected chi connectivity index (χ3v) is 14.0. The molecule has 10 aromatic rings. The van der Waals surface area contributed by atoms with Crippen molar-refractivity contribution in [2.24, 2.45) is 0 Å². The molecular formula is C58H54ClN4O3P. The number of anilines is 3. The van der Waals surface area contributed by atoms with Gasteiger partial charge in [-0.2, -0.15) is 4.74 Å². The third-order valence-electron chi connectivity index (χ3n) is 11.8. The largest absolute Gasteiger partial charge is 1.00 e. The molecule has 2 aliphatic heterocycles. The van der Waals surface area contributed by atoms with Crippen LogP contribution >= 0.6 is 7.51 Å². The maximum absolute atomic E-state index is 7.57. The predicted octanol–water partition coefficient (Wildman–Crippen LogP) is 10.6. The van der Waals surface area contributed by atoms with Gasteiger partial charge >= 0.3 is 7.51 Å². The number of halogens is 1. The van der Waals surface area contributed by atoms with Crippen molar-refractivity contribution in [2.45, 2.75) is 20.8 Å². The molecule has 2 aliphatic rings. The second-order valence-corrected chi connectivity index (χ2v) is 18.2. The van der Waals surface area contributed by atoms with Crippen LogP contribution < -0.4 is 32.4 Å². The van der Waals surface area contributed by atoms with E-state index in [4.69, 9.17) is 15.3 Å². The zero-order valence-corrected chi connectivity index (χ0v) is 39.4. The van der Waals surface area contributed by atoms with Gasteiger partial charge in [-0.25, -0.2) is 0 Å². The molecule has 67 heavy (non-hydrogen) atoms. The highest BCUT2D eigenvalue weighted by atomic mass is 35.5. The van der Waals surface area contributed by atoms with Crippen molar-refractivity contribution < 1.29 is 32.5 Å². The van der Waals surface area contributed by atoms with Crippen LogP contribution in [0.15, 0.2) is 194 Å². The molecule has 1 spiro atoms. The number of aliphatic hydroxyl groups is 3. The van der Waals surface area contributed by atoms with Crippen LogP contribution in [-0.4, -0.2) is 35.1 Å². The van der Waals surface area contributed by atoms with Crippen molar-refractivity contribution in [1.82, 2.24) is 0 Å². The van der Waals surface area contributed by atoms with E-state index in [9.17, 15) is 0 Å². The van der Waals surface area contributed by atoms with Gasteiger partial charge in [0.05, 0.1) is 28.2 Å². The highest BCUT2D eigenvalue weighted by molar-refractivity contribution is 7.68. The van der Waals surface area contributed by atoms with Gasteiger partial charge in [0, 0.05) is 42.1 Å². The van der Waals surface area contributed by atoms with Crippen LogP contribution in [0, 0.1) is 0 Å².